The van der Waals surface area contributed by atoms with Gasteiger partial charge in [-0.1, -0.05) is 18.2 Å². The first-order valence-corrected chi connectivity index (χ1v) is 7.01. The predicted octanol–water partition coefficient (Wildman–Crippen LogP) is 2.42. The lowest BCUT2D eigenvalue weighted by molar-refractivity contribution is -0.119. The van der Waals surface area contributed by atoms with Crippen molar-refractivity contribution in [3.05, 3.63) is 48.8 Å². The van der Waals surface area contributed by atoms with E-state index >= 15 is 0 Å². The van der Waals surface area contributed by atoms with Crippen LogP contribution in [0.15, 0.2) is 48.8 Å². The minimum atomic E-state index is 0.00547. The lowest BCUT2D eigenvalue weighted by Gasteiger charge is -2.13. The largest absolute Gasteiger partial charge is 0.455 e. The first kappa shape index (κ1) is 13.6. The van der Waals surface area contributed by atoms with Crippen LogP contribution in [0.3, 0.4) is 0 Å². The van der Waals surface area contributed by atoms with Gasteiger partial charge in [-0.15, -0.1) is 0 Å². The van der Waals surface area contributed by atoms with Gasteiger partial charge in [0.15, 0.2) is 5.75 Å². The average molecular weight is 283 g/mol. The third-order valence-electron chi connectivity index (χ3n) is 3.44. The van der Waals surface area contributed by atoms with Gasteiger partial charge in [-0.3, -0.25) is 9.78 Å². The van der Waals surface area contributed by atoms with Crippen molar-refractivity contribution in [1.29, 1.82) is 0 Å². The summed E-state index contributed by atoms with van der Waals surface area (Å²) >= 11 is 0. The van der Waals surface area contributed by atoms with E-state index in [2.05, 4.69) is 15.6 Å². The molecule has 1 unspecified atom stereocenters. The van der Waals surface area contributed by atoms with Crippen LogP contribution in [0, 0.1) is 5.92 Å². The molecule has 0 bridgehead atoms. The molecule has 108 valence electrons. The highest BCUT2D eigenvalue weighted by Crippen LogP contribution is 2.28. The van der Waals surface area contributed by atoms with Crippen LogP contribution in [0.2, 0.25) is 0 Å². The highest BCUT2D eigenvalue weighted by atomic mass is 16.5. The first-order chi connectivity index (χ1) is 10.3. The number of rotatable bonds is 4. The third-order valence-corrected chi connectivity index (χ3v) is 3.44. The Morgan fingerprint density at radius 1 is 1.29 bits per heavy atom. The molecule has 1 aliphatic rings. The Bertz CT molecular complexity index is 610. The number of anilines is 1. The van der Waals surface area contributed by atoms with Crippen LogP contribution in [0.1, 0.15) is 6.42 Å². The standard InChI is InChI=1S/C16H17N3O2/c20-16(12-6-8-17-10-12)19-14-11-18-9-7-15(14)21-13-4-2-1-3-5-13/h1-5,7,9,11-12,17H,6,8,10H2,(H,19,20). The van der Waals surface area contributed by atoms with Gasteiger partial charge >= 0.3 is 0 Å². The highest BCUT2D eigenvalue weighted by Gasteiger charge is 2.23. The van der Waals surface area contributed by atoms with Gasteiger partial charge in [0, 0.05) is 18.8 Å². The van der Waals surface area contributed by atoms with Crippen LogP contribution in [0.25, 0.3) is 0 Å². The van der Waals surface area contributed by atoms with Crippen molar-refractivity contribution < 1.29 is 9.53 Å². The molecule has 21 heavy (non-hydrogen) atoms. The fourth-order valence-corrected chi connectivity index (χ4v) is 2.29. The third kappa shape index (κ3) is 3.38. The number of amides is 1. The van der Waals surface area contributed by atoms with Gasteiger partial charge in [0.2, 0.25) is 5.91 Å². The number of ether oxygens (including phenoxy) is 1. The molecule has 1 aliphatic heterocycles. The van der Waals surface area contributed by atoms with Crippen molar-refractivity contribution in [3.63, 3.8) is 0 Å². The molecule has 1 fully saturated rings. The van der Waals surface area contributed by atoms with E-state index < -0.39 is 0 Å². The normalized spacial score (nSPS) is 17.4. The number of aromatic nitrogens is 1. The molecule has 1 amide bonds. The van der Waals surface area contributed by atoms with E-state index in [9.17, 15) is 4.79 Å². The summed E-state index contributed by atoms with van der Waals surface area (Å²) in [6.07, 6.45) is 4.12. The minimum Gasteiger partial charge on any atom is -0.455 e. The summed E-state index contributed by atoms with van der Waals surface area (Å²) in [6.45, 7) is 1.61. The zero-order valence-electron chi connectivity index (χ0n) is 11.6. The van der Waals surface area contributed by atoms with E-state index in [1.807, 2.05) is 30.3 Å². The van der Waals surface area contributed by atoms with Gasteiger partial charge in [-0.25, -0.2) is 0 Å². The second-order valence-corrected chi connectivity index (χ2v) is 4.97. The van der Waals surface area contributed by atoms with E-state index in [1.54, 1.807) is 18.5 Å². The van der Waals surface area contributed by atoms with Crippen LogP contribution < -0.4 is 15.4 Å². The molecular weight excluding hydrogens is 266 g/mol. The van der Waals surface area contributed by atoms with E-state index in [-0.39, 0.29) is 11.8 Å². The van der Waals surface area contributed by atoms with Crippen LogP contribution in [-0.4, -0.2) is 24.0 Å². The fourth-order valence-electron chi connectivity index (χ4n) is 2.29. The van der Waals surface area contributed by atoms with Crippen molar-refractivity contribution >= 4 is 11.6 Å². The molecule has 2 aromatic rings. The molecule has 1 atom stereocenters. The summed E-state index contributed by atoms with van der Waals surface area (Å²) in [5.41, 5.74) is 0.596. The maximum absolute atomic E-state index is 12.2. The summed E-state index contributed by atoms with van der Waals surface area (Å²) in [7, 11) is 0. The molecule has 2 heterocycles. The molecule has 1 saturated heterocycles. The molecule has 2 N–H and O–H groups in total. The summed E-state index contributed by atoms with van der Waals surface area (Å²) in [6, 6.07) is 11.2. The first-order valence-electron chi connectivity index (χ1n) is 7.01. The summed E-state index contributed by atoms with van der Waals surface area (Å²) in [5, 5.41) is 6.09. The van der Waals surface area contributed by atoms with Gasteiger partial charge in [0.1, 0.15) is 11.4 Å². The molecule has 0 spiro atoms. The molecular formula is C16H17N3O2. The highest BCUT2D eigenvalue weighted by molar-refractivity contribution is 5.94. The number of carbonyl (C=O) groups excluding carboxylic acids is 1. The molecule has 0 radical (unpaired) electrons. The molecule has 1 aromatic carbocycles. The lowest BCUT2D eigenvalue weighted by atomic mass is 10.1. The van der Waals surface area contributed by atoms with Crippen LogP contribution in [-0.2, 0) is 4.79 Å². The van der Waals surface area contributed by atoms with Crippen molar-refractivity contribution in [1.82, 2.24) is 10.3 Å². The fraction of sp³-hybridized carbons (Fsp3) is 0.250. The van der Waals surface area contributed by atoms with Gasteiger partial charge in [0.05, 0.1) is 12.1 Å². The SMILES string of the molecule is O=C(Nc1cnccc1Oc1ccccc1)C1CCNC1. The molecule has 5 heteroatoms. The van der Waals surface area contributed by atoms with E-state index in [1.165, 1.54) is 0 Å². The number of carbonyl (C=O) groups is 1. The minimum absolute atomic E-state index is 0.00547. The molecule has 1 aromatic heterocycles. The van der Waals surface area contributed by atoms with Crippen molar-refractivity contribution in [2.24, 2.45) is 5.92 Å². The second-order valence-electron chi connectivity index (χ2n) is 4.97. The Morgan fingerprint density at radius 3 is 2.90 bits per heavy atom. The number of pyridine rings is 1. The number of benzene rings is 1. The molecule has 3 rings (SSSR count). The predicted molar refractivity (Wildman–Crippen MR) is 80.4 cm³/mol. The monoisotopic (exact) mass is 283 g/mol. The van der Waals surface area contributed by atoms with Crippen molar-refractivity contribution in [2.75, 3.05) is 18.4 Å². The van der Waals surface area contributed by atoms with Crippen molar-refractivity contribution in [3.8, 4) is 11.5 Å². The quantitative estimate of drug-likeness (QED) is 0.904. The van der Waals surface area contributed by atoms with Crippen molar-refractivity contribution in [2.45, 2.75) is 6.42 Å². The van der Waals surface area contributed by atoms with E-state index in [0.29, 0.717) is 11.4 Å². The van der Waals surface area contributed by atoms with Gasteiger partial charge in [-0.05, 0) is 25.1 Å². The van der Waals surface area contributed by atoms with E-state index in [0.717, 1.165) is 25.3 Å². The zero-order chi connectivity index (χ0) is 14.5. The zero-order valence-corrected chi connectivity index (χ0v) is 11.6. The number of hydrogen-bond donors (Lipinski definition) is 2. The Hall–Kier alpha value is -2.40. The molecule has 0 aliphatic carbocycles. The number of nitrogens with zero attached hydrogens (tertiary/aromatic N) is 1. The van der Waals surface area contributed by atoms with Crippen LogP contribution in [0.4, 0.5) is 5.69 Å². The average Bonchev–Trinajstić information content (AvgIpc) is 3.05. The topological polar surface area (TPSA) is 63.2 Å². The maximum Gasteiger partial charge on any atom is 0.228 e. The van der Waals surface area contributed by atoms with Gasteiger partial charge in [0.25, 0.3) is 0 Å². The number of hydrogen-bond acceptors (Lipinski definition) is 4. The number of nitrogens with one attached hydrogen (secondary N) is 2. The van der Waals surface area contributed by atoms with Crippen LogP contribution in [0.5, 0.6) is 11.5 Å². The van der Waals surface area contributed by atoms with Crippen LogP contribution >= 0.6 is 0 Å². The molecule has 5 nitrogen and oxygen atoms in total. The van der Waals surface area contributed by atoms with Gasteiger partial charge < -0.3 is 15.4 Å². The summed E-state index contributed by atoms with van der Waals surface area (Å²) in [4.78, 5) is 16.2. The lowest BCUT2D eigenvalue weighted by Crippen LogP contribution is -2.24. The number of para-hydroxylation sites is 1. The Balaban J connectivity index is 1.74. The second kappa shape index (κ2) is 6.37. The Labute approximate surface area is 123 Å². The summed E-state index contributed by atoms with van der Waals surface area (Å²) in [5.74, 6) is 1.33. The van der Waals surface area contributed by atoms with Gasteiger partial charge in [-0.2, -0.15) is 0 Å². The Kier molecular flexibility index (Phi) is 4.12. The smallest absolute Gasteiger partial charge is 0.228 e. The Morgan fingerprint density at radius 2 is 2.14 bits per heavy atom. The molecule has 0 saturated carbocycles. The maximum atomic E-state index is 12.2. The summed E-state index contributed by atoms with van der Waals surface area (Å²) < 4.78 is 5.80. The van der Waals surface area contributed by atoms with E-state index in [4.69, 9.17) is 4.74 Å².